The topological polar surface area (TPSA) is 115 Å². The highest BCUT2D eigenvalue weighted by molar-refractivity contribution is 5.81. The van der Waals surface area contributed by atoms with Gasteiger partial charge in [-0.3, -0.25) is 0 Å². The molecule has 7 nitrogen and oxygen atoms in total. The van der Waals surface area contributed by atoms with Crippen LogP contribution >= 0.6 is 0 Å². The number of hydrogen-bond acceptors (Lipinski definition) is 5. The highest BCUT2D eigenvalue weighted by Crippen LogP contribution is 2.44. The summed E-state index contributed by atoms with van der Waals surface area (Å²) >= 11 is 0. The van der Waals surface area contributed by atoms with Crippen LogP contribution in [0.5, 0.6) is 0 Å². The molecule has 1 aromatic heterocycles. The van der Waals surface area contributed by atoms with Gasteiger partial charge in [0.1, 0.15) is 18.5 Å². The average Bonchev–Trinajstić information content (AvgIpc) is 3.21. The van der Waals surface area contributed by atoms with Gasteiger partial charge in [-0.1, -0.05) is 72.8 Å². The fraction of sp³-hybridized carbons (Fsp3) is 0.138. The van der Waals surface area contributed by atoms with E-state index in [1.54, 1.807) is 12.3 Å². The minimum Gasteiger partial charge on any atom is -0.480 e. The number of nitrogens with two attached hydrogens (primary N) is 1. The zero-order valence-corrected chi connectivity index (χ0v) is 19.4. The molecule has 4 N–H and O–H groups in total. The molecule has 1 atom stereocenters. The van der Waals surface area contributed by atoms with Crippen molar-refractivity contribution in [2.24, 2.45) is 0 Å². The van der Waals surface area contributed by atoms with E-state index in [-0.39, 0.29) is 18.9 Å². The number of carboxylic acids is 1. The zero-order chi connectivity index (χ0) is 25.1. The van der Waals surface area contributed by atoms with E-state index in [1.165, 1.54) is 0 Å². The Balaban J connectivity index is 1.23. The molecule has 5 rings (SSSR count). The first-order chi connectivity index (χ1) is 17.5. The summed E-state index contributed by atoms with van der Waals surface area (Å²) in [6.45, 7) is 0.118. The lowest BCUT2D eigenvalue weighted by molar-refractivity contribution is -0.139. The van der Waals surface area contributed by atoms with E-state index in [1.807, 2.05) is 66.7 Å². The molecule has 36 heavy (non-hydrogen) atoms. The number of amides is 1. The lowest BCUT2D eigenvalue weighted by Gasteiger charge is -2.18. The van der Waals surface area contributed by atoms with Crippen LogP contribution < -0.4 is 11.1 Å². The zero-order valence-electron chi connectivity index (χ0n) is 19.4. The summed E-state index contributed by atoms with van der Waals surface area (Å²) in [6.07, 6.45) is 0.978. The fourth-order valence-corrected chi connectivity index (χ4v) is 4.70. The average molecular weight is 480 g/mol. The van der Waals surface area contributed by atoms with E-state index in [0.29, 0.717) is 5.82 Å². The molecule has 1 heterocycles. The highest BCUT2D eigenvalue weighted by atomic mass is 16.5. The second-order valence-electron chi connectivity index (χ2n) is 8.70. The number of benzene rings is 3. The molecule has 0 saturated heterocycles. The Bertz CT molecular complexity index is 1370. The predicted octanol–water partition coefficient (Wildman–Crippen LogP) is 4.87. The van der Waals surface area contributed by atoms with Gasteiger partial charge in [0.25, 0.3) is 0 Å². The first-order valence-corrected chi connectivity index (χ1v) is 11.7. The normalized spacial score (nSPS) is 12.9. The van der Waals surface area contributed by atoms with Crippen molar-refractivity contribution < 1.29 is 19.4 Å². The largest absolute Gasteiger partial charge is 0.480 e. The van der Waals surface area contributed by atoms with Crippen molar-refractivity contribution in [3.05, 3.63) is 108 Å². The molecule has 0 bridgehead atoms. The molecule has 1 aliphatic carbocycles. The number of nitrogen functional groups attached to an aromatic ring is 1. The summed E-state index contributed by atoms with van der Waals surface area (Å²) in [4.78, 5) is 28.5. The maximum absolute atomic E-state index is 12.6. The third-order valence-electron chi connectivity index (χ3n) is 6.48. The van der Waals surface area contributed by atoms with Crippen LogP contribution in [0.3, 0.4) is 0 Å². The molecule has 4 aromatic rings. The van der Waals surface area contributed by atoms with Crippen LogP contribution in [-0.4, -0.2) is 34.8 Å². The van der Waals surface area contributed by atoms with E-state index < -0.39 is 18.1 Å². The molecule has 0 fully saturated rings. The summed E-state index contributed by atoms with van der Waals surface area (Å²) in [6, 6.07) is 26.0. The molecule has 1 amide bonds. The first kappa shape index (κ1) is 23.1. The monoisotopic (exact) mass is 479 g/mol. The summed E-state index contributed by atoms with van der Waals surface area (Å²) in [7, 11) is 0. The number of nitrogens with zero attached hydrogens (tertiary/aromatic N) is 1. The van der Waals surface area contributed by atoms with Crippen LogP contribution in [0.1, 0.15) is 22.6 Å². The first-order valence-electron chi connectivity index (χ1n) is 11.7. The van der Waals surface area contributed by atoms with Gasteiger partial charge in [0.2, 0.25) is 0 Å². The molecule has 3 aromatic carbocycles. The maximum atomic E-state index is 12.6. The van der Waals surface area contributed by atoms with Gasteiger partial charge in [0.15, 0.2) is 0 Å². The number of aromatic nitrogens is 1. The van der Waals surface area contributed by atoms with Crippen molar-refractivity contribution in [3.63, 3.8) is 0 Å². The van der Waals surface area contributed by atoms with Crippen molar-refractivity contribution in [1.29, 1.82) is 0 Å². The van der Waals surface area contributed by atoms with E-state index in [2.05, 4.69) is 22.4 Å². The Labute approximate surface area is 208 Å². The third kappa shape index (κ3) is 4.63. The van der Waals surface area contributed by atoms with Crippen LogP contribution in [0.15, 0.2) is 91.1 Å². The van der Waals surface area contributed by atoms with Crippen molar-refractivity contribution in [2.75, 3.05) is 12.3 Å². The molecule has 1 aliphatic rings. The van der Waals surface area contributed by atoms with Crippen molar-refractivity contribution >= 4 is 17.9 Å². The van der Waals surface area contributed by atoms with Gasteiger partial charge in [-0.15, -0.1) is 0 Å². The Hall–Kier alpha value is -4.65. The van der Waals surface area contributed by atoms with Crippen LogP contribution in [0, 0.1) is 0 Å². The van der Waals surface area contributed by atoms with Crippen LogP contribution in [0.25, 0.3) is 22.3 Å². The van der Waals surface area contributed by atoms with Gasteiger partial charge in [-0.2, -0.15) is 0 Å². The summed E-state index contributed by atoms with van der Waals surface area (Å²) in [5.41, 5.74) is 12.8. The SMILES string of the molecule is Nc1ncccc1-c1ccc(C[C@H](NC(=O)OCC2c3ccccc3-c3ccccc32)C(=O)O)cc1. The molecule has 0 saturated carbocycles. The van der Waals surface area contributed by atoms with E-state index in [9.17, 15) is 14.7 Å². The molecular formula is C29H25N3O4. The van der Waals surface area contributed by atoms with Gasteiger partial charge >= 0.3 is 12.1 Å². The highest BCUT2D eigenvalue weighted by Gasteiger charge is 2.29. The van der Waals surface area contributed by atoms with Gasteiger partial charge in [-0.05, 0) is 45.5 Å². The van der Waals surface area contributed by atoms with Gasteiger partial charge in [0, 0.05) is 24.1 Å². The molecule has 0 spiro atoms. The molecule has 180 valence electrons. The molecular weight excluding hydrogens is 454 g/mol. The second kappa shape index (κ2) is 9.92. The molecule has 0 unspecified atom stereocenters. The minimum absolute atomic E-state index is 0.0983. The number of aliphatic carboxylic acids is 1. The van der Waals surface area contributed by atoms with Crippen molar-refractivity contribution in [1.82, 2.24) is 10.3 Å². The predicted molar refractivity (Wildman–Crippen MR) is 137 cm³/mol. The maximum Gasteiger partial charge on any atom is 0.407 e. The number of carbonyl (C=O) groups excluding carboxylic acids is 1. The van der Waals surface area contributed by atoms with Gasteiger partial charge in [-0.25, -0.2) is 14.6 Å². The lowest BCUT2D eigenvalue weighted by atomic mass is 9.98. The van der Waals surface area contributed by atoms with E-state index in [0.717, 1.165) is 38.9 Å². The Morgan fingerprint density at radius 1 is 0.889 bits per heavy atom. The number of fused-ring (bicyclic) bond motifs is 3. The Morgan fingerprint density at radius 3 is 2.11 bits per heavy atom. The lowest BCUT2D eigenvalue weighted by Crippen LogP contribution is -2.42. The summed E-state index contributed by atoms with van der Waals surface area (Å²) in [5.74, 6) is -0.812. The molecule has 0 aliphatic heterocycles. The van der Waals surface area contributed by atoms with Crippen molar-refractivity contribution in [2.45, 2.75) is 18.4 Å². The third-order valence-corrected chi connectivity index (χ3v) is 6.48. The summed E-state index contributed by atoms with van der Waals surface area (Å²) < 4.78 is 5.51. The van der Waals surface area contributed by atoms with Crippen LogP contribution in [0.4, 0.5) is 10.6 Å². The van der Waals surface area contributed by atoms with Gasteiger partial charge in [0.05, 0.1) is 0 Å². The van der Waals surface area contributed by atoms with Gasteiger partial charge < -0.3 is 20.9 Å². The second-order valence-corrected chi connectivity index (χ2v) is 8.70. The molecule has 7 heteroatoms. The molecule has 0 radical (unpaired) electrons. The Morgan fingerprint density at radius 2 is 1.50 bits per heavy atom. The quantitative estimate of drug-likeness (QED) is 0.349. The fourth-order valence-electron chi connectivity index (χ4n) is 4.70. The van der Waals surface area contributed by atoms with Crippen LogP contribution in [-0.2, 0) is 16.0 Å². The number of rotatable bonds is 7. The smallest absolute Gasteiger partial charge is 0.407 e. The number of alkyl carbamates (subject to hydrolysis) is 1. The number of carboxylic acid groups (broad SMARTS) is 1. The number of anilines is 1. The number of pyridine rings is 1. The number of carbonyl (C=O) groups is 2. The number of nitrogens with one attached hydrogen (secondary N) is 1. The number of hydrogen-bond donors (Lipinski definition) is 3. The van der Waals surface area contributed by atoms with E-state index in [4.69, 9.17) is 10.5 Å². The van der Waals surface area contributed by atoms with E-state index >= 15 is 0 Å². The number of ether oxygens (including phenoxy) is 1. The summed E-state index contributed by atoms with van der Waals surface area (Å²) in [5, 5.41) is 12.2. The Kier molecular flexibility index (Phi) is 6.36. The van der Waals surface area contributed by atoms with Crippen molar-refractivity contribution in [3.8, 4) is 22.3 Å². The standard InChI is InChI=1S/C29H25N3O4/c30-27-20(10-5-15-31-27)19-13-11-18(12-14-19)16-26(28(33)34)32-29(35)36-17-25-23-8-3-1-6-21(23)22-7-2-4-9-24(22)25/h1-15,25-26H,16-17H2,(H2,30,31)(H,32,35)(H,33,34)/t26-/m0/s1. The van der Waals surface area contributed by atoms with Crippen LogP contribution in [0.2, 0.25) is 0 Å². The minimum atomic E-state index is -1.14.